The molecule has 25 heavy (non-hydrogen) atoms. The van der Waals surface area contributed by atoms with Crippen LogP contribution in [0.25, 0.3) is 0 Å². The number of nitrogens with zero attached hydrogens (tertiary/aromatic N) is 1. The molecule has 2 aromatic rings. The van der Waals surface area contributed by atoms with Crippen molar-refractivity contribution in [3.63, 3.8) is 0 Å². The smallest absolute Gasteiger partial charge is 0.176 e. The minimum Gasteiger partial charge on any atom is -0.504 e. The fraction of sp³-hybridized carbons (Fsp3) is 0.300. The van der Waals surface area contributed by atoms with Gasteiger partial charge in [0.25, 0.3) is 0 Å². The monoisotopic (exact) mass is 423 g/mol. The van der Waals surface area contributed by atoms with E-state index in [-0.39, 0.29) is 39.4 Å². The van der Waals surface area contributed by atoms with Gasteiger partial charge in [0.1, 0.15) is 0 Å². The van der Waals surface area contributed by atoms with Gasteiger partial charge in [0, 0.05) is 25.6 Å². The molecule has 1 unspecified atom stereocenters. The Kier molecular flexibility index (Phi) is 6.55. The van der Waals surface area contributed by atoms with Gasteiger partial charge in [-0.3, -0.25) is 4.90 Å². The van der Waals surface area contributed by atoms with E-state index in [2.05, 4.69) is 42.7 Å². The van der Waals surface area contributed by atoms with Crippen LogP contribution in [0, 0.1) is 6.92 Å². The number of phenolic OH excluding ortho intramolecular Hbond substituents is 2. The number of rotatable bonds is 3. The van der Waals surface area contributed by atoms with Gasteiger partial charge in [0.05, 0.1) is 5.02 Å². The fourth-order valence-corrected chi connectivity index (χ4v) is 3.79. The predicted octanol–water partition coefficient (Wildman–Crippen LogP) is 4.81. The molecule has 1 atom stereocenters. The molecule has 5 heteroatoms. The lowest BCUT2D eigenvalue weighted by Gasteiger charge is -2.25. The lowest BCUT2D eigenvalue weighted by molar-refractivity contribution is 0.306. The molecular formula is C20H23BrClNO2. The summed E-state index contributed by atoms with van der Waals surface area (Å²) in [7, 11) is 0. The van der Waals surface area contributed by atoms with Crippen LogP contribution in [-0.2, 0) is 6.42 Å². The number of phenols is 2. The Labute approximate surface area is 164 Å². The highest BCUT2D eigenvalue weighted by molar-refractivity contribution is 8.93. The molecule has 0 bridgehead atoms. The van der Waals surface area contributed by atoms with Crippen LogP contribution in [0.3, 0.4) is 0 Å². The molecule has 0 aromatic heterocycles. The van der Waals surface area contributed by atoms with Crippen molar-refractivity contribution in [2.45, 2.75) is 19.3 Å². The normalized spacial score (nSPS) is 17.3. The Morgan fingerprint density at radius 1 is 1.32 bits per heavy atom. The number of benzene rings is 2. The van der Waals surface area contributed by atoms with Crippen molar-refractivity contribution >= 4 is 28.6 Å². The van der Waals surface area contributed by atoms with Gasteiger partial charge in [-0.1, -0.05) is 47.5 Å². The number of halogens is 2. The molecular weight excluding hydrogens is 402 g/mol. The summed E-state index contributed by atoms with van der Waals surface area (Å²) < 4.78 is 0. The summed E-state index contributed by atoms with van der Waals surface area (Å²) in [5.74, 6) is -0.296. The van der Waals surface area contributed by atoms with Crippen molar-refractivity contribution in [3.8, 4) is 11.5 Å². The summed E-state index contributed by atoms with van der Waals surface area (Å²) in [5.41, 5.74) is 4.30. The summed E-state index contributed by atoms with van der Waals surface area (Å²) in [5, 5.41) is 20.4. The van der Waals surface area contributed by atoms with E-state index in [4.69, 9.17) is 11.6 Å². The van der Waals surface area contributed by atoms with Crippen LogP contribution in [0.15, 0.2) is 43.0 Å². The second-order valence-electron chi connectivity index (χ2n) is 6.39. The van der Waals surface area contributed by atoms with E-state index in [1.807, 2.05) is 6.08 Å². The number of fused-ring (bicyclic) bond motifs is 1. The van der Waals surface area contributed by atoms with E-state index in [0.717, 1.165) is 37.2 Å². The highest BCUT2D eigenvalue weighted by Gasteiger charge is 2.28. The third-order valence-corrected chi connectivity index (χ3v) is 5.09. The average Bonchev–Trinajstić information content (AvgIpc) is 2.73. The SMILES string of the molecule is Br.C=CCN1CCc2c(cc(O)c(O)c2Cl)C(c2cccc(C)c2)C1. The van der Waals surface area contributed by atoms with E-state index < -0.39 is 0 Å². The van der Waals surface area contributed by atoms with Gasteiger partial charge in [-0.05, 0) is 36.1 Å². The zero-order valence-corrected chi connectivity index (χ0v) is 16.7. The zero-order valence-electron chi connectivity index (χ0n) is 14.2. The van der Waals surface area contributed by atoms with E-state index >= 15 is 0 Å². The standard InChI is InChI=1S/C20H22ClNO2.BrH/c1-3-8-22-9-7-15-16(11-18(23)20(24)19(15)21)17(12-22)14-6-4-5-13(2)10-14;/h3-6,10-11,17,23-24H,1,7-9,12H2,2H3;1H. The summed E-state index contributed by atoms with van der Waals surface area (Å²) in [4.78, 5) is 2.32. The molecule has 0 amide bonds. The molecule has 0 fully saturated rings. The average molecular weight is 425 g/mol. The van der Waals surface area contributed by atoms with Crippen molar-refractivity contribution in [2.75, 3.05) is 19.6 Å². The van der Waals surface area contributed by atoms with Crippen molar-refractivity contribution < 1.29 is 10.2 Å². The first-order chi connectivity index (χ1) is 11.5. The highest BCUT2D eigenvalue weighted by atomic mass is 79.9. The minimum absolute atomic E-state index is 0. The minimum atomic E-state index is -0.226. The van der Waals surface area contributed by atoms with Crippen LogP contribution in [0.5, 0.6) is 11.5 Å². The van der Waals surface area contributed by atoms with Gasteiger partial charge >= 0.3 is 0 Å². The summed E-state index contributed by atoms with van der Waals surface area (Å²) in [6.07, 6.45) is 2.64. The Hall–Kier alpha value is -1.49. The Morgan fingerprint density at radius 3 is 2.76 bits per heavy atom. The first-order valence-corrected chi connectivity index (χ1v) is 8.52. The Morgan fingerprint density at radius 2 is 2.08 bits per heavy atom. The summed E-state index contributed by atoms with van der Waals surface area (Å²) in [6, 6.07) is 10.1. The van der Waals surface area contributed by atoms with Gasteiger partial charge in [-0.2, -0.15) is 0 Å². The number of aryl methyl sites for hydroxylation is 1. The quantitative estimate of drug-likeness (QED) is 0.549. The molecule has 1 heterocycles. The lowest BCUT2D eigenvalue weighted by Crippen LogP contribution is -2.28. The van der Waals surface area contributed by atoms with Crippen molar-refractivity contribution in [1.29, 1.82) is 0 Å². The molecule has 0 spiro atoms. The first kappa shape index (κ1) is 19.8. The van der Waals surface area contributed by atoms with Gasteiger partial charge in [0.15, 0.2) is 11.5 Å². The molecule has 3 nitrogen and oxygen atoms in total. The molecule has 1 aliphatic heterocycles. The summed E-state index contributed by atoms with van der Waals surface area (Å²) in [6.45, 7) is 8.38. The third kappa shape index (κ3) is 4.02. The highest BCUT2D eigenvalue weighted by Crippen LogP contribution is 2.43. The fourth-order valence-electron chi connectivity index (χ4n) is 3.49. The summed E-state index contributed by atoms with van der Waals surface area (Å²) >= 11 is 6.35. The predicted molar refractivity (Wildman–Crippen MR) is 108 cm³/mol. The number of hydrogen-bond donors (Lipinski definition) is 2. The van der Waals surface area contributed by atoms with Crippen molar-refractivity contribution in [2.24, 2.45) is 0 Å². The zero-order chi connectivity index (χ0) is 17.3. The molecule has 134 valence electrons. The molecule has 3 rings (SSSR count). The number of aromatic hydroxyl groups is 2. The first-order valence-electron chi connectivity index (χ1n) is 8.14. The Balaban J connectivity index is 0.00000225. The van der Waals surface area contributed by atoms with Crippen molar-refractivity contribution in [1.82, 2.24) is 4.90 Å². The van der Waals surface area contributed by atoms with E-state index in [0.29, 0.717) is 0 Å². The maximum atomic E-state index is 10.1. The van der Waals surface area contributed by atoms with Gasteiger partial charge in [-0.15, -0.1) is 23.6 Å². The molecule has 0 saturated heterocycles. The largest absolute Gasteiger partial charge is 0.504 e. The molecule has 1 aliphatic rings. The molecule has 2 N–H and O–H groups in total. The van der Waals surface area contributed by atoms with Crippen LogP contribution in [0.4, 0.5) is 0 Å². The van der Waals surface area contributed by atoms with Crippen LogP contribution in [0.1, 0.15) is 28.2 Å². The second kappa shape index (κ2) is 8.26. The van der Waals surface area contributed by atoms with Crippen LogP contribution in [-0.4, -0.2) is 34.7 Å². The van der Waals surface area contributed by atoms with Crippen molar-refractivity contribution in [3.05, 3.63) is 70.3 Å². The molecule has 0 radical (unpaired) electrons. The second-order valence-corrected chi connectivity index (χ2v) is 6.77. The maximum Gasteiger partial charge on any atom is 0.176 e. The van der Waals surface area contributed by atoms with Crippen LogP contribution < -0.4 is 0 Å². The van der Waals surface area contributed by atoms with E-state index in [1.54, 1.807) is 6.07 Å². The lowest BCUT2D eigenvalue weighted by atomic mass is 9.87. The topological polar surface area (TPSA) is 43.7 Å². The van der Waals surface area contributed by atoms with Gasteiger partial charge in [0.2, 0.25) is 0 Å². The van der Waals surface area contributed by atoms with E-state index in [1.165, 1.54) is 11.1 Å². The van der Waals surface area contributed by atoms with Gasteiger partial charge in [-0.25, -0.2) is 0 Å². The maximum absolute atomic E-state index is 10.1. The number of hydrogen-bond acceptors (Lipinski definition) is 3. The van der Waals surface area contributed by atoms with E-state index in [9.17, 15) is 10.2 Å². The third-order valence-electron chi connectivity index (χ3n) is 4.68. The van der Waals surface area contributed by atoms with Gasteiger partial charge < -0.3 is 10.2 Å². The van der Waals surface area contributed by atoms with Crippen LogP contribution in [0.2, 0.25) is 5.02 Å². The van der Waals surface area contributed by atoms with Crippen LogP contribution >= 0.6 is 28.6 Å². The molecule has 0 saturated carbocycles. The Bertz CT molecular complexity index is 779. The molecule has 2 aromatic carbocycles. The molecule has 0 aliphatic carbocycles.